The van der Waals surface area contributed by atoms with Gasteiger partial charge in [-0.05, 0) is 49.3 Å². The zero-order valence-corrected chi connectivity index (χ0v) is 26.2. The fourth-order valence-corrected chi connectivity index (χ4v) is 7.14. The Balaban J connectivity index is 1.40. The summed E-state index contributed by atoms with van der Waals surface area (Å²) in [5.41, 5.74) is 2.42. The maximum Gasteiger partial charge on any atom is 0.256 e. The molecule has 0 saturated carbocycles. The molecule has 2 atom stereocenters. The summed E-state index contributed by atoms with van der Waals surface area (Å²) in [6, 6.07) is 24.6. The summed E-state index contributed by atoms with van der Waals surface area (Å²) in [6.07, 6.45) is 0.796. The first-order chi connectivity index (χ1) is 21.1. The number of sulfonamides is 1. The monoisotopic (exact) mass is 617 g/mol. The number of likely N-dealkylation sites (tertiary alicyclic amines) is 1. The molecule has 3 aromatic carbocycles. The van der Waals surface area contributed by atoms with Gasteiger partial charge in [0.25, 0.3) is 5.91 Å². The minimum atomic E-state index is -4.09. The van der Waals surface area contributed by atoms with E-state index in [-0.39, 0.29) is 30.6 Å². The van der Waals surface area contributed by atoms with Crippen LogP contribution in [0, 0.1) is 5.41 Å². The maximum absolute atomic E-state index is 14.2. The highest BCUT2D eigenvalue weighted by Gasteiger charge is 2.54. The van der Waals surface area contributed by atoms with Crippen molar-refractivity contribution in [1.82, 2.24) is 19.5 Å². The molecule has 2 heterocycles. The summed E-state index contributed by atoms with van der Waals surface area (Å²) < 4.78 is 35.9. The van der Waals surface area contributed by atoms with Crippen LogP contribution in [0.1, 0.15) is 23.1 Å². The van der Waals surface area contributed by atoms with E-state index in [1.54, 1.807) is 24.1 Å². The van der Waals surface area contributed by atoms with Gasteiger partial charge in [0.15, 0.2) is 0 Å². The van der Waals surface area contributed by atoms with Crippen LogP contribution in [0.2, 0.25) is 0 Å². The van der Waals surface area contributed by atoms with E-state index < -0.39 is 27.4 Å². The third-order valence-electron chi connectivity index (χ3n) is 7.97. The van der Waals surface area contributed by atoms with Crippen LogP contribution in [-0.2, 0) is 43.9 Å². The summed E-state index contributed by atoms with van der Waals surface area (Å²) in [4.78, 5) is 31.4. The van der Waals surface area contributed by atoms with Gasteiger partial charge >= 0.3 is 0 Å². The second-order valence-electron chi connectivity index (χ2n) is 11.7. The Labute approximate surface area is 259 Å². The van der Waals surface area contributed by atoms with Crippen LogP contribution in [0.15, 0.2) is 94.9 Å². The van der Waals surface area contributed by atoms with Gasteiger partial charge in [-0.15, -0.1) is 0 Å². The van der Waals surface area contributed by atoms with Gasteiger partial charge in [0.2, 0.25) is 15.9 Å². The third-order valence-corrected chi connectivity index (χ3v) is 9.43. The fraction of sp³-hybridized carbons (Fsp3) is 0.364. The molecule has 0 aromatic heterocycles. The first-order valence-electron chi connectivity index (χ1n) is 14.6. The average Bonchev–Trinajstić information content (AvgIpc) is 3.25. The summed E-state index contributed by atoms with van der Waals surface area (Å²) in [5, 5.41) is 5.89. The van der Waals surface area contributed by atoms with Crippen molar-refractivity contribution in [3.8, 4) is 0 Å². The van der Waals surface area contributed by atoms with E-state index in [2.05, 4.69) is 9.82 Å². The fourth-order valence-electron chi connectivity index (χ4n) is 5.89. The number of piperidine rings is 1. The number of nitrogens with zero attached hydrogens (tertiary/aromatic N) is 4. The van der Waals surface area contributed by atoms with Crippen LogP contribution in [0.3, 0.4) is 0 Å². The Morgan fingerprint density at radius 3 is 2.34 bits per heavy atom. The van der Waals surface area contributed by atoms with Crippen LogP contribution < -0.4 is 4.72 Å². The molecule has 0 bridgehead atoms. The summed E-state index contributed by atoms with van der Waals surface area (Å²) >= 11 is 0. The number of carbonyl (C=O) groups excluding carboxylic acids is 2. The average molecular weight is 618 g/mol. The van der Waals surface area contributed by atoms with E-state index in [1.165, 1.54) is 11.1 Å². The predicted octanol–water partition coefficient (Wildman–Crippen LogP) is 2.90. The van der Waals surface area contributed by atoms with Crippen LogP contribution >= 0.6 is 0 Å². The first kappa shape index (κ1) is 31.5. The van der Waals surface area contributed by atoms with Crippen molar-refractivity contribution in [2.45, 2.75) is 36.9 Å². The van der Waals surface area contributed by atoms with Crippen LogP contribution in [0.5, 0.6) is 0 Å². The van der Waals surface area contributed by atoms with Crippen LogP contribution in [-0.4, -0.2) is 87.6 Å². The second-order valence-corrected chi connectivity index (χ2v) is 13.4. The molecular formula is C33H39N5O5S. The number of hydrogen-bond donors (Lipinski definition) is 1. The lowest BCUT2D eigenvalue weighted by Crippen LogP contribution is -2.59. The Kier molecular flexibility index (Phi) is 9.59. The number of nitrogens with one attached hydrogen (secondary N) is 1. The van der Waals surface area contributed by atoms with Gasteiger partial charge in [-0.3, -0.25) is 9.59 Å². The van der Waals surface area contributed by atoms with E-state index in [9.17, 15) is 18.0 Å². The summed E-state index contributed by atoms with van der Waals surface area (Å²) in [7, 11) is 1.35. The molecule has 232 valence electrons. The minimum absolute atomic E-state index is 0.0684. The van der Waals surface area contributed by atoms with Crippen LogP contribution in [0.25, 0.3) is 0 Å². The van der Waals surface area contributed by atoms with Gasteiger partial charge in [0, 0.05) is 33.1 Å². The lowest BCUT2D eigenvalue weighted by atomic mass is 9.73. The molecule has 11 heteroatoms. The number of hydrogen-bond acceptors (Lipinski definition) is 7. The van der Waals surface area contributed by atoms with Crippen molar-refractivity contribution < 1.29 is 22.7 Å². The van der Waals surface area contributed by atoms with Gasteiger partial charge in [0.05, 0.1) is 23.8 Å². The molecule has 1 saturated heterocycles. The zero-order chi connectivity index (χ0) is 31.3. The largest absolute Gasteiger partial charge is 0.375 e. The molecule has 1 N–H and O–H groups in total. The Morgan fingerprint density at radius 1 is 1.00 bits per heavy atom. The molecule has 5 rings (SSSR count). The molecule has 10 nitrogen and oxygen atoms in total. The highest BCUT2D eigenvalue weighted by Crippen LogP contribution is 2.38. The topological polar surface area (TPSA) is 112 Å². The van der Waals surface area contributed by atoms with Gasteiger partial charge in [-0.2, -0.15) is 9.82 Å². The van der Waals surface area contributed by atoms with Crippen molar-refractivity contribution in [1.29, 1.82) is 0 Å². The summed E-state index contributed by atoms with van der Waals surface area (Å²) in [6.45, 7) is 1.00. The Bertz CT molecular complexity index is 1610. The second kappa shape index (κ2) is 13.4. The lowest BCUT2D eigenvalue weighted by molar-refractivity contribution is -0.141. The van der Waals surface area contributed by atoms with E-state index >= 15 is 0 Å². The molecule has 0 radical (unpaired) electrons. The predicted molar refractivity (Wildman–Crippen MR) is 168 cm³/mol. The minimum Gasteiger partial charge on any atom is -0.375 e. The number of benzene rings is 3. The number of amides is 2. The van der Waals surface area contributed by atoms with Gasteiger partial charge in [0.1, 0.15) is 11.5 Å². The zero-order valence-electron chi connectivity index (χ0n) is 25.3. The molecule has 2 amide bonds. The van der Waals surface area contributed by atoms with Crippen molar-refractivity contribution >= 4 is 27.5 Å². The molecule has 3 aromatic rings. The van der Waals surface area contributed by atoms with E-state index in [0.29, 0.717) is 25.9 Å². The number of fused-ring (bicyclic) bond motifs is 1. The molecule has 1 fully saturated rings. The molecule has 0 spiro atoms. The number of hydrazone groups is 1. The standard InChI is InChI=1S/C33H39N5O5S/c1-36(2)21-27-15-10-16-28(19-27)44(41,42)35-29(23-43-22-26-13-8-5-9-14-26)31(39)38-18-17-30-33(24-38,32(40)37(3)34-30)20-25-11-6-4-7-12-25/h4-16,19,29,35H,17-18,20-24H2,1-3H3. The van der Waals surface area contributed by atoms with Crippen molar-refractivity contribution in [3.05, 3.63) is 102 Å². The molecule has 2 aliphatic heterocycles. The molecule has 0 aliphatic carbocycles. The molecular weight excluding hydrogens is 578 g/mol. The van der Waals surface area contributed by atoms with Gasteiger partial charge < -0.3 is 14.5 Å². The third kappa shape index (κ3) is 7.07. The Morgan fingerprint density at radius 2 is 1.66 bits per heavy atom. The lowest BCUT2D eigenvalue weighted by Gasteiger charge is -2.40. The van der Waals surface area contributed by atoms with Crippen molar-refractivity contribution in [3.63, 3.8) is 0 Å². The first-order valence-corrected chi connectivity index (χ1v) is 16.1. The van der Waals surface area contributed by atoms with Crippen LogP contribution in [0.4, 0.5) is 0 Å². The number of ether oxygens (including phenoxy) is 1. The number of carbonyl (C=O) groups is 2. The van der Waals surface area contributed by atoms with Gasteiger partial charge in [-0.25, -0.2) is 13.4 Å². The maximum atomic E-state index is 14.2. The Hall–Kier alpha value is -3.90. The highest BCUT2D eigenvalue weighted by atomic mass is 32.2. The highest BCUT2D eigenvalue weighted by molar-refractivity contribution is 7.89. The molecule has 44 heavy (non-hydrogen) atoms. The SMILES string of the molecule is CN(C)Cc1cccc(S(=O)(=O)NC(COCc2ccccc2)C(=O)N2CCC3=NN(C)C(=O)C3(Cc3ccccc3)C2)c1. The van der Waals surface area contributed by atoms with Gasteiger partial charge in [-0.1, -0.05) is 72.8 Å². The molecule has 2 unspecified atom stereocenters. The van der Waals surface area contributed by atoms with E-state index in [1.807, 2.05) is 85.7 Å². The molecule has 2 aliphatic rings. The van der Waals surface area contributed by atoms with Crippen molar-refractivity contribution in [2.75, 3.05) is 40.8 Å². The smallest absolute Gasteiger partial charge is 0.256 e. The van der Waals surface area contributed by atoms with E-state index in [0.717, 1.165) is 22.4 Å². The quantitative estimate of drug-likeness (QED) is 0.335. The summed E-state index contributed by atoms with van der Waals surface area (Å²) in [5.74, 6) is -0.621. The normalized spacial score (nSPS) is 19.2. The number of rotatable bonds is 12. The van der Waals surface area contributed by atoms with Crippen molar-refractivity contribution in [2.24, 2.45) is 10.5 Å². The van der Waals surface area contributed by atoms with E-state index in [4.69, 9.17) is 4.74 Å².